The lowest BCUT2D eigenvalue weighted by Crippen LogP contribution is -2.44. The van der Waals surface area contributed by atoms with E-state index in [4.69, 9.17) is 4.42 Å². The molecule has 2 atom stereocenters. The molecule has 2 aliphatic heterocycles. The van der Waals surface area contributed by atoms with E-state index in [1.54, 1.807) is 25.4 Å². The van der Waals surface area contributed by atoms with E-state index < -0.39 is 42.3 Å². The predicted octanol–water partition coefficient (Wildman–Crippen LogP) is 3.66. The second-order valence-electron chi connectivity index (χ2n) is 8.80. The molecule has 3 aromatic rings. The van der Waals surface area contributed by atoms with Gasteiger partial charge >= 0.3 is 5.97 Å². The maximum Gasteiger partial charge on any atom is 0.336 e. The molecule has 2 aromatic heterocycles. The summed E-state index contributed by atoms with van der Waals surface area (Å²) >= 11 is 1.28. The maximum absolute atomic E-state index is 14.5. The first-order valence-electron chi connectivity index (χ1n) is 11.0. The second kappa shape index (κ2) is 8.82. The third-order valence-corrected chi connectivity index (χ3v) is 6.98. The molecule has 2 unspecified atom stereocenters. The molecule has 2 aliphatic rings. The third-order valence-electron chi connectivity index (χ3n) is 6.20. The number of aryl methyl sites for hydroxylation is 1. The molecular formula is C23H21F3N6O3S. The fourth-order valence-electron chi connectivity index (χ4n) is 4.63. The number of nitrogens with one attached hydrogen (secondary N) is 1. The van der Waals surface area contributed by atoms with Crippen LogP contribution in [0.2, 0.25) is 0 Å². The van der Waals surface area contributed by atoms with Crippen molar-refractivity contribution in [2.75, 3.05) is 13.1 Å². The Morgan fingerprint density at radius 1 is 1.31 bits per heavy atom. The van der Waals surface area contributed by atoms with Crippen LogP contribution >= 0.6 is 11.3 Å². The number of aromatic nitrogens is 3. The number of nitrogens with zero attached hydrogens (tertiary/aromatic N) is 5. The number of hydrogen-bond donors (Lipinski definition) is 2. The molecular weight excluding hydrogens is 497 g/mol. The Kier molecular flexibility index (Phi) is 5.91. The summed E-state index contributed by atoms with van der Waals surface area (Å²) in [4.78, 5) is 23.0. The van der Waals surface area contributed by atoms with Crippen molar-refractivity contribution in [3.05, 3.63) is 75.3 Å². The highest BCUT2D eigenvalue weighted by Gasteiger charge is 2.49. The van der Waals surface area contributed by atoms with Crippen LogP contribution in [0.15, 0.2) is 56.5 Å². The average Bonchev–Trinajstić information content (AvgIpc) is 3.54. The van der Waals surface area contributed by atoms with Crippen LogP contribution in [0.25, 0.3) is 0 Å². The predicted molar refractivity (Wildman–Crippen MR) is 123 cm³/mol. The molecule has 4 heterocycles. The number of alkyl halides is 2. The minimum atomic E-state index is -3.04. The number of thiazole rings is 1. The van der Waals surface area contributed by atoms with E-state index in [0.717, 1.165) is 0 Å². The van der Waals surface area contributed by atoms with E-state index >= 15 is 0 Å². The molecule has 0 radical (unpaired) electrons. The molecule has 1 saturated heterocycles. The number of carboxylic acid groups (broad SMARTS) is 1. The van der Waals surface area contributed by atoms with Crippen molar-refractivity contribution in [3.63, 3.8) is 0 Å². The summed E-state index contributed by atoms with van der Waals surface area (Å²) in [6, 6.07) is 4.44. The van der Waals surface area contributed by atoms with Crippen molar-refractivity contribution < 1.29 is 27.5 Å². The summed E-state index contributed by atoms with van der Waals surface area (Å²) in [5, 5.41) is 23.2. The van der Waals surface area contributed by atoms with Gasteiger partial charge in [0, 0.05) is 37.2 Å². The van der Waals surface area contributed by atoms with Crippen LogP contribution in [0, 0.1) is 12.7 Å². The minimum absolute atomic E-state index is 0.0352. The van der Waals surface area contributed by atoms with Crippen LogP contribution in [0.1, 0.15) is 41.7 Å². The summed E-state index contributed by atoms with van der Waals surface area (Å²) in [7, 11) is 0. The van der Waals surface area contributed by atoms with Crippen molar-refractivity contribution in [2.24, 2.45) is 4.99 Å². The number of benzene rings is 1. The molecule has 1 aromatic carbocycles. The standard InChI is InChI=1S/C23H21F3N6O3S/c1-12-30-31-19(35-12)16-9-23(25,26)11-32(16)10-15-17(21(33)34)22(2,13-3-5-14(24)6-4-13)29-18(28-15)20-27-7-8-36-20/h3-8,16H,9-11H2,1-2H3,(H,28,29)(H,33,34). The number of likely N-dealkylation sites (tertiary alicyclic amines) is 1. The van der Waals surface area contributed by atoms with Crippen LogP contribution in [0.5, 0.6) is 0 Å². The van der Waals surface area contributed by atoms with Gasteiger partial charge in [0.15, 0.2) is 10.8 Å². The fraction of sp³-hybridized carbons (Fsp3) is 0.348. The van der Waals surface area contributed by atoms with E-state index in [1.807, 2.05) is 0 Å². The SMILES string of the molecule is Cc1nnc(C2CC(F)(F)CN2CC2=C(C(=O)O)C(C)(c3ccc(F)cc3)N=C(c3nccs3)N2)o1. The first-order chi connectivity index (χ1) is 17.1. The van der Waals surface area contributed by atoms with Gasteiger partial charge in [-0.05, 0) is 24.6 Å². The van der Waals surface area contributed by atoms with E-state index in [9.17, 15) is 23.1 Å². The number of carboxylic acids is 1. The van der Waals surface area contributed by atoms with Gasteiger partial charge in [0.05, 0.1) is 18.2 Å². The zero-order valence-corrected chi connectivity index (χ0v) is 20.0. The molecule has 9 nitrogen and oxygen atoms in total. The lowest BCUT2D eigenvalue weighted by Gasteiger charge is -2.35. The van der Waals surface area contributed by atoms with Crippen molar-refractivity contribution in [3.8, 4) is 0 Å². The van der Waals surface area contributed by atoms with Gasteiger partial charge in [-0.3, -0.25) is 4.90 Å². The lowest BCUT2D eigenvalue weighted by atomic mass is 9.82. The first-order valence-corrected chi connectivity index (χ1v) is 11.9. The number of aliphatic imine (C=N–C) groups is 1. The molecule has 0 bridgehead atoms. The van der Waals surface area contributed by atoms with E-state index in [2.05, 4.69) is 25.5 Å². The number of halogens is 3. The zero-order chi connectivity index (χ0) is 25.7. The Labute approximate surface area is 207 Å². The Morgan fingerprint density at radius 3 is 2.67 bits per heavy atom. The smallest absolute Gasteiger partial charge is 0.336 e. The molecule has 0 saturated carbocycles. The maximum atomic E-state index is 14.5. The normalized spacial score (nSPS) is 24.0. The van der Waals surface area contributed by atoms with Crippen molar-refractivity contribution in [2.45, 2.75) is 37.8 Å². The van der Waals surface area contributed by atoms with E-state index in [0.29, 0.717) is 10.6 Å². The highest BCUT2D eigenvalue weighted by molar-refractivity contribution is 7.11. The quantitative estimate of drug-likeness (QED) is 0.508. The average molecular weight is 519 g/mol. The van der Waals surface area contributed by atoms with Gasteiger partial charge in [0.25, 0.3) is 5.92 Å². The zero-order valence-electron chi connectivity index (χ0n) is 19.2. The topological polar surface area (TPSA) is 117 Å². The summed E-state index contributed by atoms with van der Waals surface area (Å²) < 4.78 is 48.2. The van der Waals surface area contributed by atoms with E-state index in [1.165, 1.54) is 40.5 Å². The molecule has 13 heteroatoms. The van der Waals surface area contributed by atoms with Gasteiger partial charge in [0.2, 0.25) is 11.8 Å². The van der Waals surface area contributed by atoms with Crippen LogP contribution < -0.4 is 5.32 Å². The van der Waals surface area contributed by atoms with Crippen LogP contribution in [-0.2, 0) is 10.3 Å². The number of hydrogen-bond acceptors (Lipinski definition) is 9. The number of rotatable bonds is 6. The molecule has 0 aliphatic carbocycles. The molecule has 1 fully saturated rings. The van der Waals surface area contributed by atoms with Crippen molar-refractivity contribution in [1.82, 2.24) is 25.4 Å². The van der Waals surface area contributed by atoms with Crippen LogP contribution in [0.4, 0.5) is 13.2 Å². The van der Waals surface area contributed by atoms with Gasteiger partial charge < -0.3 is 14.8 Å². The van der Waals surface area contributed by atoms with Crippen LogP contribution in [-0.4, -0.2) is 56.0 Å². The van der Waals surface area contributed by atoms with Gasteiger partial charge in [-0.2, -0.15) is 0 Å². The third kappa shape index (κ3) is 4.39. The fourth-order valence-corrected chi connectivity index (χ4v) is 5.21. The first kappa shape index (κ1) is 24.1. The van der Waals surface area contributed by atoms with Crippen LogP contribution in [0.3, 0.4) is 0 Å². The van der Waals surface area contributed by atoms with Crippen molar-refractivity contribution in [1.29, 1.82) is 0 Å². The Hall–Kier alpha value is -3.58. The van der Waals surface area contributed by atoms with Gasteiger partial charge in [-0.25, -0.2) is 27.9 Å². The molecule has 2 N–H and O–H groups in total. The van der Waals surface area contributed by atoms with Crippen molar-refractivity contribution >= 4 is 23.1 Å². The highest BCUT2D eigenvalue weighted by Crippen LogP contribution is 2.43. The summed E-state index contributed by atoms with van der Waals surface area (Å²) in [5.41, 5.74) is -1.02. The summed E-state index contributed by atoms with van der Waals surface area (Å²) in [6.07, 6.45) is 1.03. The summed E-state index contributed by atoms with van der Waals surface area (Å²) in [6.45, 7) is 2.33. The minimum Gasteiger partial charge on any atom is -0.478 e. The number of aliphatic carboxylic acids is 1. The second-order valence-corrected chi connectivity index (χ2v) is 9.70. The Morgan fingerprint density at radius 2 is 2.06 bits per heavy atom. The largest absolute Gasteiger partial charge is 0.478 e. The number of amidine groups is 1. The lowest BCUT2D eigenvalue weighted by molar-refractivity contribution is -0.133. The van der Waals surface area contributed by atoms with Gasteiger partial charge in [0.1, 0.15) is 11.4 Å². The number of carbonyl (C=O) groups is 1. The molecule has 188 valence electrons. The highest BCUT2D eigenvalue weighted by atomic mass is 32.1. The molecule has 36 heavy (non-hydrogen) atoms. The molecule has 5 rings (SSSR count). The summed E-state index contributed by atoms with van der Waals surface area (Å²) in [5.74, 6) is -4.26. The van der Waals surface area contributed by atoms with Gasteiger partial charge in [-0.1, -0.05) is 12.1 Å². The monoisotopic (exact) mass is 518 g/mol. The Bertz CT molecular complexity index is 1360. The molecule has 0 spiro atoms. The molecule has 0 amide bonds. The van der Waals surface area contributed by atoms with E-state index in [-0.39, 0.29) is 35.4 Å². The Balaban J connectivity index is 1.61. The van der Waals surface area contributed by atoms with Gasteiger partial charge in [-0.15, -0.1) is 21.5 Å².